The summed E-state index contributed by atoms with van der Waals surface area (Å²) >= 11 is 1.75. The van der Waals surface area contributed by atoms with Gasteiger partial charge in [-0.1, -0.05) is 91.0 Å². The molecule has 7 aromatic carbocycles. The van der Waals surface area contributed by atoms with Crippen LogP contribution in [0.3, 0.4) is 0 Å². The van der Waals surface area contributed by atoms with E-state index in [0.717, 1.165) is 55.7 Å². The van der Waals surface area contributed by atoms with Gasteiger partial charge in [-0.3, -0.25) is 0 Å². The Hall–Kier alpha value is -6.69. The van der Waals surface area contributed by atoms with Gasteiger partial charge in [0.15, 0.2) is 0 Å². The van der Waals surface area contributed by atoms with Crippen molar-refractivity contribution in [3.05, 3.63) is 194 Å². The number of benzene rings is 7. The summed E-state index contributed by atoms with van der Waals surface area (Å²) in [7, 11) is 0. The quantitative estimate of drug-likeness (QED) is 0.167. The number of para-hydroxylation sites is 4. The highest BCUT2D eigenvalue weighted by Crippen LogP contribution is 2.44. The van der Waals surface area contributed by atoms with Crippen molar-refractivity contribution in [2.75, 3.05) is 9.80 Å². The van der Waals surface area contributed by atoms with Crippen LogP contribution >= 0.6 is 11.3 Å². The summed E-state index contributed by atoms with van der Waals surface area (Å²) in [5.41, 5.74) is 10.0. The maximum absolute atomic E-state index is 4.85. The zero-order chi connectivity index (χ0) is 34.4. The first-order chi connectivity index (χ1) is 25.8. The Morgan fingerprint density at radius 1 is 0.404 bits per heavy atom. The van der Waals surface area contributed by atoms with Crippen molar-refractivity contribution in [3.8, 4) is 5.69 Å². The molecule has 0 aliphatic heterocycles. The Balaban J connectivity index is 1.28. The van der Waals surface area contributed by atoms with Crippen molar-refractivity contribution in [2.45, 2.75) is 0 Å². The number of hydrogen-bond acceptors (Lipinski definition) is 4. The molecule has 3 heterocycles. The molecule has 0 unspecified atom stereocenters. The highest BCUT2D eigenvalue weighted by atomic mass is 32.1. The second-order valence-electron chi connectivity index (χ2n) is 12.9. The van der Waals surface area contributed by atoms with Crippen molar-refractivity contribution in [1.82, 2.24) is 9.55 Å². The summed E-state index contributed by atoms with van der Waals surface area (Å²) in [6, 6.07) is 67.1. The van der Waals surface area contributed by atoms with Gasteiger partial charge in [-0.25, -0.2) is 4.98 Å². The second-order valence-corrected chi connectivity index (χ2v) is 13.9. The number of hydrogen-bond donors (Lipinski definition) is 0. The lowest BCUT2D eigenvalue weighted by Gasteiger charge is -2.26. The summed E-state index contributed by atoms with van der Waals surface area (Å²) in [5.74, 6) is 0. The third-order valence-corrected chi connectivity index (χ3v) is 10.9. The number of fused-ring (bicyclic) bond motifs is 6. The third-order valence-electron chi connectivity index (χ3n) is 9.80. The lowest BCUT2D eigenvalue weighted by atomic mass is 10.1. The third kappa shape index (κ3) is 5.02. The van der Waals surface area contributed by atoms with Gasteiger partial charge in [0.25, 0.3) is 0 Å². The molecule has 10 aromatic rings. The fraction of sp³-hybridized carbons (Fsp3) is 0. The van der Waals surface area contributed by atoms with E-state index in [0.29, 0.717) is 0 Å². The van der Waals surface area contributed by atoms with Crippen LogP contribution in [0.4, 0.5) is 34.1 Å². The van der Waals surface area contributed by atoms with Gasteiger partial charge in [-0.05, 0) is 97.1 Å². The highest BCUT2D eigenvalue weighted by molar-refractivity contribution is 7.25. The minimum atomic E-state index is 1.04. The van der Waals surface area contributed by atoms with Crippen LogP contribution in [0.15, 0.2) is 194 Å². The van der Waals surface area contributed by atoms with Gasteiger partial charge in [0.05, 0.1) is 16.7 Å². The van der Waals surface area contributed by atoms with E-state index in [-0.39, 0.29) is 0 Å². The van der Waals surface area contributed by atoms with E-state index >= 15 is 0 Å². The van der Waals surface area contributed by atoms with Gasteiger partial charge in [-0.2, -0.15) is 0 Å². The normalized spacial score (nSPS) is 11.5. The molecule has 0 amide bonds. The molecule has 52 heavy (non-hydrogen) atoms. The summed E-state index contributed by atoms with van der Waals surface area (Å²) in [5, 5.41) is 4.77. The molecule has 3 aromatic heterocycles. The molecule has 0 saturated heterocycles. The Kier molecular flexibility index (Phi) is 7.29. The molecule has 246 valence electrons. The van der Waals surface area contributed by atoms with Crippen LogP contribution in [0.5, 0.6) is 0 Å². The lowest BCUT2D eigenvalue weighted by Crippen LogP contribution is -2.09. The van der Waals surface area contributed by atoms with Crippen LogP contribution in [0, 0.1) is 0 Å². The first kappa shape index (κ1) is 30.2. The maximum atomic E-state index is 4.85. The van der Waals surface area contributed by atoms with Gasteiger partial charge in [0.2, 0.25) is 0 Å². The number of nitrogens with zero attached hydrogens (tertiary/aromatic N) is 4. The average molecular weight is 685 g/mol. The van der Waals surface area contributed by atoms with E-state index in [1.165, 1.54) is 26.2 Å². The fourth-order valence-corrected chi connectivity index (χ4v) is 8.62. The maximum Gasteiger partial charge on any atom is 0.126 e. The van der Waals surface area contributed by atoms with E-state index in [1.807, 2.05) is 6.20 Å². The van der Waals surface area contributed by atoms with Crippen LogP contribution in [-0.4, -0.2) is 9.55 Å². The van der Waals surface area contributed by atoms with Gasteiger partial charge < -0.3 is 14.4 Å². The van der Waals surface area contributed by atoms with Gasteiger partial charge >= 0.3 is 0 Å². The topological polar surface area (TPSA) is 24.3 Å². The molecule has 0 radical (unpaired) electrons. The van der Waals surface area contributed by atoms with Crippen LogP contribution < -0.4 is 9.80 Å². The molecule has 0 N–H and O–H groups in total. The minimum absolute atomic E-state index is 1.04. The number of thiophene rings is 1. The molecule has 0 fully saturated rings. The zero-order valence-electron chi connectivity index (χ0n) is 28.2. The molecule has 0 spiro atoms. The predicted molar refractivity (Wildman–Crippen MR) is 221 cm³/mol. The predicted octanol–water partition coefficient (Wildman–Crippen LogP) is 13.5. The lowest BCUT2D eigenvalue weighted by molar-refractivity contribution is 1.19. The van der Waals surface area contributed by atoms with Gasteiger partial charge in [-0.15, -0.1) is 11.3 Å². The smallest absolute Gasteiger partial charge is 0.126 e. The monoisotopic (exact) mass is 684 g/mol. The average Bonchev–Trinajstić information content (AvgIpc) is 3.75. The van der Waals surface area contributed by atoms with Gasteiger partial charge in [0, 0.05) is 66.6 Å². The van der Waals surface area contributed by atoms with E-state index in [1.54, 1.807) is 11.3 Å². The molecule has 0 aliphatic carbocycles. The molecular formula is C47H32N4S. The van der Waals surface area contributed by atoms with Crippen LogP contribution in [0.25, 0.3) is 47.8 Å². The molecule has 0 aliphatic rings. The molecule has 0 atom stereocenters. The zero-order valence-corrected chi connectivity index (χ0v) is 29.0. The SMILES string of the molecule is c1ccc(N(c2ccccc2)c2ccc3c(c2)c2cc(N(c4ccccc4)c4ccccc4)ccc2n3-c2ccnc3sc4ccccc4c23)cc1. The molecule has 0 saturated carbocycles. The molecule has 4 nitrogen and oxygen atoms in total. The van der Waals surface area contributed by atoms with Crippen molar-refractivity contribution in [3.63, 3.8) is 0 Å². The van der Waals surface area contributed by atoms with E-state index < -0.39 is 0 Å². The first-order valence-electron chi connectivity index (χ1n) is 17.5. The Bertz CT molecular complexity index is 2630. The second kappa shape index (κ2) is 12.6. The van der Waals surface area contributed by atoms with E-state index in [2.05, 4.69) is 202 Å². The molecule has 0 bridgehead atoms. The first-order valence-corrected chi connectivity index (χ1v) is 18.3. The Morgan fingerprint density at radius 3 is 1.33 bits per heavy atom. The van der Waals surface area contributed by atoms with Crippen molar-refractivity contribution in [1.29, 1.82) is 0 Å². The summed E-state index contributed by atoms with van der Waals surface area (Å²) in [6.07, 6.45) is 1.95. The van der Waals surface area contributed by atoms with E-state index in [4.69, 9.17) is 4.98 Å². The summed E-state index contributed by atoms with van der Waals surface area (Å²) in [6.45, 7) is 0. The van der Waals surface area contributed by atoms with E-state index in [9.17, 15) is 0 Å². The summed E-state index contributed by atoms with van der Waals surface area (Å²) in [4.78, 5) is 10.6. The Morgan fingerprint density at radius 2 is 0.846 bits per heavy atom. The van der Waals surface area contributed by atoms with Crippen LogP contribution in [-0.2, 0) is 0 Å². The molecule has 10 rings (SSSR count). The van der Waals surface area contributed by atoms with Crippen LogP contribution in [0.1, 0.15) is 0 Å². The largest absolute Gasteiger partial charge is 0.310 e. The molecule has 5 heteroatoms. The number of anilines is 6. The number of pyridine rings is 1. The fourth-order valence-electron chi connectivity index (χ4n) is 7.56. The molecular weight excluding hydrogens is 653 g/mol. The standard InChI is InChI=1S/C47H32N4S/c1-5-15-33(16-6-1)49(34-17-7-2-8-18-34)37-25-27-42-40(31-37)41-32-38(50(35-19-9-3-10-20-35)36-21-11-4-12-22-36)26-28-43(41)51(42)44-29-30-48-47-46(44)39-23-13-14-24-45(39)52-47/h1-32H. The van der Waals surface area contributed by atoms with Crippen molar-refractivity contribution in [2.24, 2.45) is 0 Å². The number of aromatic nitrogens is 2. The summed E-state index contributed by atoms with van der Waals surface area (Å²) < 4.78 is 3.68. The highest BCUT2D eigenvalue weighted by Gasteiger charge is 2.21. The van der Waals surface area contributed by atoms with Crippen LogP contribution in [0.2, 0.25) is 0 Å². The Labute approximate surface area is 305 Å². The van der Waals surface area contributed by atoms with Crippen molar-refractivity contribution < 1.29 is 0 Å². The van der Waals surface area contributed by atoms with Gasteiger partial charge in [0.1, 0.15) is 4.83 Å². The minimum Gasteiger partial charge on any atom is -0.310 e. The number of rotatable bonds is 7. The van der Waals surface area contributed by atoms with Crippen molar-refractivity contribution >= 4 is 87.6 Å².